The molecule has 1 aliphatic rings. The maximum atomic E-state index is 11.4. The Balaban J connectivity index is 1.54. The minimum Gasteiger partial charge on any atom is -0.369 e. The number of carbonyl (C=O) groups excluding carboxylic acids is 1. The summed E-state index contributed by atoms with van der Waals surface area (Å²) in [4.78, 5) is 20.3. The van der Waals surface area contributed by atoms with Gasteiger partial charge in [-0.3, -0.25) is 14.7 Å². The molecule has 0 aliphatic carbocycles. The van der Waals surface area contributed by atoms with Gasteiger partial charge in [0.2, 0.25) is 0 Å². The van der Waals surface area contributed by atoms with Crippen molar-refractivity contribution in [1.82, 2.24) is 9.88 Å². The van der Waals surface area contributed by atoms with Crippen molar-refractivity contribution in [1.29, 1.82) is 0 Å². The molecule has 0 saturated carbocycles. The number of anilines is 1. The largest absolute Gasteiger partial charge is 0.369 e. The van der Waals surface area contributed by atoms with E-state index in [4.69, 9.17) is 5.73 Å². The van der Waals surface area contributed by atoms with Gasteiger partial charge in [-0.15, -0.1) is 0 Å². The third-order valence-corrected chi connectivity index (χ3v) is 5.27. The van der Waals surface area contributed by atoms with Crippen LogP contribution in [-0.2, 0) is 0 Å². The summed E-state index contributed by atoms with van der Waals surface area (Å²) in [5.74, 6) is -0.492. The zero-order chi connectivity index (χ0) is 19.3. The Morgan fingerprint density at radius 2 is 1.43 bits per heavy atom. The first-order chi connectivity index (χ1) is 13.7. The van der Waals surface area contributed by atoms with E-state index in [1.165, 1.54) is 11.1 Å². The predicted molar refractivity (Wildman–Crippen MR) is 111 cm³/mol. The fourth-order valence-corrected chi connectivity index (χ4v) is 3.87. The van der Waals surface area contributed by atoms with E-state index in [1.807, 2.05) is 6.07 Å². The summed E-state index contributed by atoms with van der Waals surface area (Å²) in [5, 5.41) is 0. The summed E-state index contributed by atoms with van der Waals surface area (Å²) >= 11 is 0. The number of amides is 1. The second-order valence-corrected chi connectivity index (χ2v) is 7.01. The summed E-state index contributed by atoms with van der Waals surface area (Å²) in [5.41, 5.74) is 9.30. The molecule has 2 N–H and O–H groups in total. The van der Waals surface area contributed by atoms with Crippen molar-refractivity contribution < 1.29 is 4.79 Å². The predicted octanol–water partition coefficient (Wildman–Crippen LogP) is 3.09. The molecule has 1 saturated heterocycles. The third kappa shape index (κ3) is 3.89. The highest BCUT2D eigenvalue weighted by Crippen LogP contribution is 2.30. The molecule has 0 spiro atoms. The Kier molecular flexibility index (Phi) is 5.35. The quantitative estimate of drug-likeness (QED) is 0.748. The number of pyridine rings is 1. The Morgan fingerprint density at radius 1 is 0.857 bits per heavy atom. The normalized spacial score (nSPS) is 15.0. The molecule has 0 bridgehead atoms. The number of aromatic nitrogens is 1. The van der Waals surface area contributed by atoms with Crippen LogP contribution in [0, 0.1) is 0 Å². The molecule has 0 atom stereocenters. The van der Waals surface area contributed by atoms with Crippen LogP contribution in [0.5, 0.6) is 0 Å². The molecule has 5 heteroatoms. The first kappa shape index (κ1) is 18.2. The molecule has 142 valence electrons. The van der Waals surface area contributed by atoms with Crippen LogP contribution in [-0.4, -0.2) is 42.0 Å². The number of benzene rings is 2. The van der Waals surface area contributed by atoms with Gasteiger partial charge in [0.25, 0.3) is 5.91 Å². The zero-order valence-corrected chi connectivity index (χ0v) is 15.7. The Bertz CT molecular complexity index is 882. The van der Waals surface area contributed by atoms with Crippen molar-refractivity contribution in [3.8, 4) is 0 Å². The number of hydrogen-bond donors (Lipinski definition) is 1. The first-order valence-corrected chi connectivity index (χ1v) is 9.57. The first-order valence-electron chi connectivity index (χ1n) is 9.57. The molecular weight excluding hydrogens is 348 g/mol. The van der Waals surface area contributed by atoms with E-state index in [2.05, 4.69) is 75.4 Å². The van der Waals surface area contributed by atoms with Gasteiger partial charge in [0.05, 0.1) is 6.04 Å². The zero-order valence-electron chi connectivity index (χ0n) is 15.7. The molecular formula is C23H24N4O. The van der Waals surface area contributed by atoms with Crippen molar-refractivity contribution in [2.24, 2.45) is 5.73 Å². The summed E-state index contributed by atoms with van der Waals surface area (Å²) in [6.45, 7) is 3.64. The lowest BCUT2D eigenvalue weighted by molar-refractivity contribution is 0.0995. The lowest BCUT2D eigenvalue weighted by atomic mass is 9.96. The molecule has 2 heterocycles. The van der Waals surface area contributed by atoms with Crippen LogP contribution in [0.3, 0.4) is 0 Å². The third-order valence-electron chi connectivity index (χ3n) is 5.27. The van der Waals surface area contributed by atoms with E-state index in [0.717, 1.165) is 31.9 Å². The van der Waals surface area contributed by atoms with Gasteiger partial charge in [-0.1, -0.05) is 60.7 Å². The number of rotatable bonds is 5. The average molecular weight is 372 g/mol. The van der Waals surface area contributed by atoms with Gasteiger partial charge in [-0.25, -0.2) is 0 Å². The molecule has 28 heavy (non-hydrogen) atoms. The molecule has 4 rings (SSSR count). The maximum Gasteiger partial charge on any atom is 0.267 e. The average Bonchev–Trinajstić information content (AvgIpc) is 2.76. The SMILES string of the molecule is NC(=O)c1cc(N2CCN(C(c3ccccc3)c3ccccc3)CC2)ccn1. The van der Waals surface area contributed by atoms with Crippen LogP contribution in [0.4, 0.5) is 5.69 Å². The maximum absolute atomic E-state index is 11.4. The molecule has 1 amide bonds. The molecule has 3 aromatic rings. The van der Waals surface area contributed by atoms with E-state index in [1.54, 1.807) is 12.3 Å². The second kappa shape index (κ2) is 8.23. The monoisotopic (exact) mass is 372 g/mol. The van der Waals surface area contributed by atoms with Crippen LogP contribution in [0.2, 0.25) is 0 Å². The standard InChI is InChI=1S/C23H24N4O/c24-23(28)21-17-20(11-12-25-21)26-13-15-27(16-14-26)22(18-7-3-1-4-8-18)19-9-5-2-6-10-19/h1-12,17,22H,13-16H2,(H2,24,28). The van der Waals surface area contributed by atoms with E-state index in [-0.39, 0.29) is 6.04 Å². The molecule has 0 radical (unpaired) electrons. The topological polar surface area (TPSA) is 62.5 Å². The number of hydrogen-bond acceptors (Lipinski definition) is 4. The van der Waals surface area contributed by atoms with Crippen LogP contribution < -0.4 is 10.6 Å². The highest BCUT2D eigenvalue weighted by molar-refractivity contribution is 5.91. The van der Waals surface area contributed by atoms with Gasteiger partial charge in [0, 0.05) is 38.1 Å². The minimum absolute atomic E-state index is 0.239. The summed E-state index contributed by atoms with van der Waals surface area (Å²) in [7, 11) is 0. The molecule has 5 nitrogen and oxygen atoms in total. The van der Waals surface area contributed by atoms with Crippen LogP contribution >= 0.6 is 0 Å². The summed E-state index contributed by atoms with van der Waals surface area (Å²) < 4.78 is 0. The molecule has 0 unspecified atom stereocenters. The number of primary amides is 1. The van der Waals surface area contributed by atoms with Gasteiger partial charge >= 0.3 is 0 Å². The molecule has 1 aliphatic heterocycles. The van der Waals surface area contributed by atoms with Crippen molar-refractivity contribution in [3.05, 3.63) is 95.8 Å². The fourth-order valence-electron chi connectivity index (χ4n) is 3.87. The van der Waals surface area contributed by atoms with E-state index in [0.29, 0.717) is 5.69 Å². The number of carbonyl (C=O) groups is 1. The molecule has 2 aromatic carbocycles. The van der Waals surface area contributed by atoms with Gasteiger partial charge < -0.3 is 10.6 Å². The molecule has 1 aromatic heterocycles. The fraction of sp³-hybridized carbons (Fsp3) is 0.217. The van der Waals surface area contributed by atoms with Crippen molar-refractivity contribution in [3.63, 3.8) is 0 Å². The summed E-state index contributed by atoms with van der Waals surface area (Å²) in [6, 6.07) is 25.3. The highest BCUT2D eigenvalue weighted by Gasteiger charge is 2.26. The van der Waals surface area contributed by atoms with E-state index >= 15 is 0 Å². The van der Waals surface area contributed by atoms with Crippen molar-refractivity contribution >= 4 is 11.6 Å². The van der Waals surface area contributed by atoms with Crippen molar-refractivity contribution in [2.45, 2.75) is 6.04 Å². The number of piperazine rings is 1. The van der Waals surface area contributed by atoms with E-state index < -0.39 is 5.91 Å². The van der Waals surface area contributed by atoms with Gasteiger partial charge in [-0.05, 0) is 23.3 Å². The highest BCUT2D eigenvalue weighted by atomic mass is 16.1. The van der Waals surface area contributed by atoms with Crippen LogP contribution in [0.25, 0.3) is 0 Å². The Morgan fingerprint density at radius 3 is 1.96 bits per heavy atom. The molecule has 1 fully saturated rings. The van der Waals surface area contributed by atoms with Gasteiger partial charge in [-0.2, -0.15) is 0 Å². The van der Waals surface area contributed by atoms with Gasteiger partial charge in [0.15, 0.2) is 0 Å². The number of nitrogens with two attached hydrogens (primary N) is 1. The Hall–Kier alpha value is -3.18. The second-order valence-electron chi connectivity index (χ2n) is 7.01. The lowest BCUT2D eigenvalue weighted by Crippen LogP contribution is -2.48. The van der Waals surface area contributed by atoms with Crippen molar-refractivity contribution in [2.75, 3.05) is 31.1 Å². The summed E-state index contributed by atoms with van der Waals surface area (Å²) in [6.07, 6.45) is 1.65. The number of nitrogens with zero attached hydrogens (tertiary/aromatic N) is 3. The van der Waals surface area contributed by atoms with Crippen LogP contribution in [0.15, 0.2) is 79.0 Å². The smallest absolute Gasteiger partial charge is 0.267 e. The van der Waals surface area contributed by atoms with E-state index in [9.17, 15) is 4.79 Å². The Labute approximate surface area is 165 Å². The minimum atomic E-state index is -0.492. The van der Waals surface area contributed by atoms with Gasteiger partial charge in [0.1, 0.15) is 5.69 Å². The van der Waals surface area contributed by atoms with Crippen LogP contribution in [0.1, 0.15) is 27.7 Å². The lowest BCUT2D eigenvalue weighted by Gasteiger charge is -2.40.